The average Bonchev–Trinajstić information content (AvgIpc) is 2.84. The van der Waals surface area contributed by atoms with Crippen molar-refractivity contribution in [3.05, 3.63) is 71.3 Å². The average molecular weight is 483 g/mol. The smallest absolute Gasteiger partial charge is 0.189 e. The number of benzene rings is 2. The monoisotopic (exact) mass is 482 g/mol. The first kappa shape index (κ1) is 26.4. The van der Waals surface area contributed by atoms with Gasteiger partial charge in [-0.3, -0.25) is 10.9 Å². The second-order valence-electron chi connectivity index (χ2n) is 7.33. The van der Waals surface area contributed by atoms with E-state index >= 15 is 0 Å². The van der Waals surface area contributed by atoms with Gasteiger partial charge in [0.2, 0.25) is 0 Å². The van der Waals surface area contributed by atoms with E-state index in [1.54, 1.807) is 0 Å². The summed E-state index contributed by atoms with van der Waals surface area (Å²) in [5.41, 5.74) is 10.5. The standard InChI is InChI=1S/C25H34N6S2/c1-6-30(7-2)24(32)28-26-22(20-13-11-10-12-14-20)23(21-17-15-19(5)16-18-21)27-29-25(33)31(8-3)9-4/h10-18H,6-9H2,1-5H3,(H,28,32)(H,29,33)/b26-22+,27-23+. The molecule has 6 nitrogen and oxygen atoms in total. The number of hydrazone groups is 2. The molecule has 0 heterocycles. The highest BCUT2D eigenvalue weighted by Crippen LogP contribution is 2.12. The van der Waals surface area contributed by atoms with E-state index in [2.05, 4.69) is 57.6 Å². The third-order valence-electron chi connectivity index (χ3n) is 5.22. The fraction of sp³-hybridized carbons (Fsp3) is 0.360. The lowest BCUT2D eigenvalue weighted by molar-refractivity contribution is 0.457. The second kappa shape index (κ2) is 13.6. The quantitative estimate of drug-likeness (QED) is 0.311. The van der Waals surface area contributed by atoms with E-state index in [-0.39, 0.29) is 0 Å². The number of thiocarbonyl (C=S) groups is 2. The topological polar surface area (TPSA) is 55.3 Å². The van der Waals surface area contributed by atoms with Gasteiger partial charge in [0.05, 0.1) is 0 Å². The Morgan fingerprint density at radius 3 is 1.45 bits per heavy atom. The van der Waals surface area contributed by atoms with Crippen molar-refractivity contribution in [3.63, 3.8) is 0 Å². The van der Waals surface area contributed by atoms with Crippen LogP contribution in [0.5, 0.6) is 0 Å². The third kappa shape index (κ3) is 7.61. The van der Waals surface area contributed by atoms with Crippen molar-refractivity contribution in [1.82, 2.24) is 20.7 Å². The van der Waals surface area contributed by atoms with E-state index in [1.165, 1.54) is 5.56 Å². The molecule has 0 aliphatic carbocycles. The Labute approximate surface area is 208 Å². The molecule has 2 rings (SSSR count). The van der Waals surface area contributed by atoms with Crippen molar-refractivity contribution in [2.24, 2.45) is 10.2 Å². The van der Waals surface area contributed by atoms with Crippen LogP contribution in [-0.4, -0.2) is 57.6 Å². The summed E-state index contributed by atoms with van der Waals surface area (Å²) in [7, 11) is 0. The van der Waals surface area contributed by atoms with Crippen LogP contribution in [0.2, 0.25) is 0 Å². The molecule has 176 valence electrons. The van der Waals surface area contributed by atoms with Gasteiger partial charge in [-0.2, -0.15) is 10.2 Å². The molecule has 2 aromatic rings. The fourth-order valence-corrected chi connectivity index (χ4v) is 3.79. The fourth-order valence-electron chi connectivity index (χ4n) is 3.19. The van der Waals surface area contributed by atoms with Gasteiger partial charge in [-0.25, -0.2) is 0 Å². The maximum Gasteiger partial charge on any atom is 0.189 e. The maximum atomic E-state index is 5.56. The minimum Gasteiger partial charge on any atom is -0.348 e. The van der Waals surface area contributed by atoms with Crippen LogP contribution in [0.25, 0.3) is 0 Å². The van der Waals surface area contributed by atoms with Crippen LogP contribution in [0.15, 0.2) is 64.8 Å². The molecular weight excluding hydrogens is 448 g/mol. The minimum absolute atomic E-state index is 0.573. The van der Waals surface area contributed by atoms with E-state index < -0.39 is 0 Å². The molecule has 0 unspecified atom stereocenters. The first-order valence-corrected chi connectivity index (χ1v) is 12.1. The summed E-state index contributed by atoms with van der Waals surface area (Å²) in [6.07, 6.45) is 0. The molecule has 0 aliphatic rings. The van der Waals surface area contributed by atoms with Crippen LogP contribution in [0.4, 0.5) is 0 Å². The molecule has 0 aliphatic heterocycles. The van der Waals surface area contributed by atoms with Crippen molar-refractivity contribution in [2.75, 3.05) is 26.2 Å². The molecule has 0 saturated heterocycles. The van der Waals surface area contributed by atoms with Crippen LogP contribution in [0, 0.1) is 6.92 Å². The van der Waals surface area contributed by atoms with Gasteiger partial charge >= 0.3 is 0 Å². The Bertz CT molecular complexity index is 962. The highest BCUT2D eigenvalue weighted by molar-refractivity contribution is 7.80. The second-order valence-corrected chi connectivity index (χ2v) is 8.10. The first-order valence-electron chi connectivity index (χ1n) is 11.3. The summed E-state index contributed by atoms with van der Waals surface area (Å²) in [5, 5.41) is 10.6. The van der Waals surface area contributed by atoms with Crippen LogP contribution in [0.1, 0.15) is 44.4 Å². The molecule has 33 heavy (non-hydrogen) atoms. The molecule has 8 heteroatoms. The van der Waals surface area contributed by atoms with Crippen LogP contribution < -0.4 is 10.9 Å². The summed E-state index contributed by atoms with van der Waals surface area (Å²) in [6.45, 7) is 13.5. The van der Waals surface area contributed by atoms with Gasteiger partial charge in [0.1, 0.15) is 11.4 Å². The summed E-state index contributed by atoms with van der Waals surface area (Å²) in [6, 6.07) is 18.2. The third-order valence-corrected chi connectivity index (χ3v) is 5.92. The molecule has 0 saturated carbocycles. The molecule has 0 radical (unpaired) electrons. The van der Waals surface area contributed by atoms with Crippen molar-refractivity contribution in [3.8, 4) is 0 Å². The van der Waals surface area contributed by atoms with Crippen molar-refractivity contribution in [1.29, 1.82) is 0 Å². The summed E-state index contributed by atoms with van der Waals surface area (Å²) in [4.78, 5) is 4.08. The van der Waals surface area contributed by atoms with Gasteiger partial charge in [0.25, 0.3) is 0 Å². The molecule has 2 aromatic carbocycles. The zero-order valence-corrected chi connectivity index (χ0v) is 21.8. The molecule has 0 spiro atoms. The van der Waals surface area contributed by atoms with E-state index in [0.717, 1.165) is 37.3 Å². The number of aryl methyl sites for hydroxylation is 1. The molecular formula is C25H34N6S2. The number of rotatable bonds is 9. The highest BCUT2D eigenvalue weighted by Gasteiger charge is 2.17. The van der Waals surface area contributed by atoms with Gasteiger partial charge in [-0.05, 0) is 59.1 Å². The first-order chi connectivity index (χ1) is 15.9. The number of hydrogen-bond donors (Lipinski definition) is 2. The van der Waals surface area contributed by atoms with Gasteiger partial charge in [-0.15, -0.1) is 0 Å². The molecule has 0 fully saturated rings. The highest BCUT2D eigenvalue weighted by atomic mass is 32.1. The zero-order valence-electron chi connectivity index (χ0n) is 20.1. The van der Waals surface area contributed by atoms with Crippen LogP contribution in [-0.2, 0) is 0 Å². The van der Waals surface area contributed by atoms with Gasteiger partial charge in [-0.1, -0.05) is 60.2 Å². The number of nitrogens with zero attached hydrogens (tertiary/aromatic N) is 4. The maximum absolute atomic E-state index is 5.56. The summed E-state index contributed by atoms with van der Waals surface area (Å²) < 4.78 is 0. The SMILES string of the molecule is CCN(CC)C(=S)N/N=C(/C(=N/NC(=S)N(CC)CC)c1ccc(C)cc1)c1ccccc1. The summed E-state index contributed by atoms with van der Waals surface area (Å²) >= 11 is 11.1. The predicted molar refractivity (Wildman–Crippen MR) is 148 cm³/mol. The Balaban J connectivity index is 2.55. The van der Waals surface area contributed by atoms with Gasteiger partial charge in [0.15, 0.2) is 10.2 Å². The lowest BCUT2D eigenvalue weighted by Crippen LogP contribution is -2.39. The molecule has 0 aromatic heterocycles. The Kier molecular flexibility index (Phi) is 10.9. The molecule has 0 bridgehead atoms. The van der Waals surface area contributed by atoms with Crippen molar-refractivity contribution in [2.45, 2.75) is 34.6 Å². The van der Waals surface area contributed by atoms with E-state index in [4.69, 9.17) is 34.6 Å². The minimum atomic E-state index is 0.573. The van der Waals surface area contributed by atoms with Gasteiger partial charge in [0, 0.05) is 37.3 Å². The lowest BCUT2D eigenvalue weighted by Gasteiger charge is -2.22. The van der Waals surface area contributed by atoms with E-state index in [1.807, 2.05) is 52.3 Å². The normalized spacial score (nSPS) is 11.7. The molecule has 2 N–H and O–H groups in total. The van der Waals surface area contributed by atoms with Crippen LogP contribution >= 0.6 is 24.4 Å². The Morgan fingerprint density at radius 2 is 1.06 bits per heavy atom. The van der Waals surface area contributed by atoms with E-state index in [0.29, 0.717) is 21.6 Å². The Hall–Kier alpha value is -2.84. The lowest BCUT2D eigenvalue weighted by atomic mass is 9.99. The Morgan fingerprint density at radius 1 is 0.667 bits per heavy atom. The predicted octanol–water partition coefficient (Wildman–Crippen LogP) is 4.54. The van der Waals surface area contributed by atoms with E-state index in [9.17, 15) is 0 Å². The molecule has 0 atom stereocenters. The number of hydrogen-bond acceptors (Lipinski definition) is 4. The number of nitrogens with one attached hydrogen (secondary N) is 2. The molecule has 0 amide bonds. The largest absolute Gasteiger partial charge is 0.348 e. The zero-order chi connectivity index (χ0) is 24.2. The van der Waals surface area contributed by atoms with Crippen molar-refractivity contribution >= 4 is 46.1 Å². The van der Waals surface area contributed by atoms with Crippen molar-refractivity contribution < 1.29 is 0 Å². The van der Waals surface area contributed by atoms with Gasteiger partial charge < -0.3 is 9.80 Å². The van der Waals surface area contributed by atoms with Crippen LogP contribution in [0.3, 0.4) is 0 Å². The summed E-state index contributed by atoms with van der Waals surface area (Å²) in [5.74, 6) is 0.